The van der Waals surface area contributed by atoms with Crippen molar-refractivity contribution < 1.29 is 26.3 Å². The Kier molecular flexibility index (Phi) is 5.82. The Morgan fingerprint density at radius 2 is 1.21 bits per heavy atom. The van der Waals surface area contributed by atoms with Gasteiger partial charge in [0.1, 0.15) is 0 Å². The molecule has 0 aliphatic heterocycles. The molecule has 0 bridgehead atoms. The van der Waals surface area contributed by atoms with Crippen LogP contribution in [0.5, 0.6) is 0 Å². The molecule has 3 aromatic carbocycles. The van der Waals surface area contributed by atoms with Gasteiger partial charge in [-0.1, -0.05) is 24.3 Å². The Balaban J connectivity index is 1.65. The number of nitrogens with zero attached hydrogens (tertiary/aromatic N) is 3. The van der Waals surface area contributed by atoms with Gasteiger partial charge in [0, 0.05) is 31.2 Å². The molecule has 0 amide bonds. The lowest BCUT2D eigenvalue weighted by Gasteiger charge is -2.26. The van der Waals surface area contributed by atoms with Crippen molar-refractivity contribution in [2.24, 2.45) is 7.05 Å². The maximum absolute atomic E-state index is 12.9. The van der Waals surface area contributed by atoms with Gasteiger partial charge in [-0.3, -0.25) is 4.68 Å². The van der Waals surface area contributed by atoms with Crippen LogP contribution in [-0.4, -0.2) is 9.78 Å². The third kappa shape index (κ3) is 5.13. The number of halogens is 6. The van der Waals surface area contributed by atoms with E-state index in [0.29, 0.717) is 11.1 Å². The Morgan fingerprint density at radius 1 is 0.727 bits per heavy atom. The number of hydrogen-bond donors (Lipinski definition) is 0. The van der Waals surface area contributed by atoms with Gasteiger partial charge in [0.25, 0.3) is 0 Å². The number of alkyl halides is 6. The maximum Gasteiger partial charge on any atom is 0.416 e. The fourth-order valence-corrected chi connectivity index (χ4v) is 3.63. The Bertz CT molecular complexity index is 1180. The molecule has 4 aromatic rings. The van der Waals surface area contributed by atoms with Gasteiger partial charge >= 0.3 is 12.4 Å². The summed E-state index contributed by atoms with van der Waals surface area (Å²) in [7, 11) is 1.81. The molecule has 1 aromatic heterocycles. The molecule has 0 radical (unpaired) electrons. The van der Waals surface area contributed by atoms with E-state index in [4.69, 9.17) is 0 Å². The number of aromatic nitrogens is 2. The smallest absolute Gasteiger partial charge is 0.363 e. The van der Waals surface area contributed by atoms with Crippen molar-refractivity contribution >= 4 is 16.6 Å². The highest BCUT2D eigenvalue weighted by molar-refractivity contribution is 5.82. The summed E-state index contributed by atoms with van der Waals surface area (Å²) in [5.74, 6) is 0. The second-order valence-corrected chi connectivity index (χ2v) is 7.76. The molecule has 0 aliphatic rings. The molecular weight excluding hydrogens is 444 g/mol. The summed E-state index contributed by atoms with van der Waals surface area (Å²) >= 11 is 0. The molecule has 3 nitrogen and oxygen atoms in total. The van der Waals surface area contributed by atoms with E-state index in [1.54, 1.807) is 10.9 Å². The van der Waals surface area contributed by atoms with Gasteiger partial charge in [-0.2, -0.15) is 31.4 Å². The number of benzene rings is 3. The first-order valence-electron chi connectivity index (χ1n) is 10.00. The average Bonchev–Trinajstić information content (AvgIpc) is 3.13. The molecule has 1 heterocycles. The van der Waals surface area contributed by atoms with E-state index in [1.165, 1.54) is 24.3 Å². The minimum atomic E-state index is -4.43. The quantitative estimate of drug-likeness (QED) is 0.303. The van der Waals surface area contributed by atoms with Crippen molar-refractivity contribution in [3.63, 3.8) is 0 Å². The van der Waals surface area contributed by atoms with Crippen LogP contribution >= 0.6 is 0 Å². The SMILES string of the molecule is Cn1ncc2cc(N(Cc3ccc(C(F)(F)F)cc3)Cc3ccc(C(F)(F)F)cc3)ccc21. The van der Waals surface area contributed by atoms with Crippen molar-refractivity contribution in [2.75, 3.05) is 4.90 Å². The van der Waals surface area contributed by atoms with Gasteiger partial charge in [0.15, 0.2) is 0 Å². The third-order valence-corrected chi connectivity index (χ3v) is 5.40. The highest BCUT2D eigenvalue weighted by Gasteiger charge is 2.31. The van der Waals surface area contributed by atoms with E-state index in [2.05, 4.69) is 5.10 Å². The van der Waals surface area contributed by atoms with Gasteiger partial charge in [-0.05, 0) is 53.6 Å². The molecule has 0 atom stereocenters. The summed E-state index contributed by atoms with van der Waals surface area (Å²) in [5.41, 5.74) is 1.48. The summed E-state index contributed by atoms with van der Waals surface area (Å²) in [5, 5.41) is 5.09. The van der Waals surface area contributed by atoms with Crippen molar-refractivity contribution in [1.29, 1.82) is 0 Å². The maximum atomic E-state index is 12.9. The predicted molar refractivity (Wildman–Crippen MR) is 113 cm³/mol. The largest absolute Gasteiger partial charge is 0.416 e. The molecule has 33 heavy (non-hydrogen) atoms. The zero-order chi connectivity index (χ0) is 23.8. The minimum absolute atomic E-state index is 0.269. The van der Waals surface area contributed by atoms with Crippen molar-refractivity contribution in [3.05, 3.63) is 95.2 Å². The van der Waals surface area contributed by atoms with E-state index in [1.807, 2.05) is 30.1 Å². The van der Waals surface area contributed by atoms with E-state index in [0.717, 1.165) is 40.9 Å². The minimum Gasteiger partial charge on any atom is -0.363 e. The van der Waals surface area contributed by atoms with Crippen molar-refractivity contribution in [1.82, 2.24) is 9.78 Å². The highest BCUT2D eigenvalue weighted by Crippen LogP contribution is 2.31. The van der Waals surface area contributed by atoms with Crippen molar-refractivity contribution in [3.8, 4) is 0 Å². The van der Waals surface area contributed by atoms with E-state index in [9.17, 15) is 26.3 Å². The number of rotatable bonds is 5. The monoisotopic (exact) mass is 463 g/mol. The second-order valence-electron chi connectivity index (χ2n) is 7.76. The third-order valence-electron chi connectivity index (χ3n) is 5.40. The Morgan fingerprint density at radius 3 is 1.67 bits per heavy atom. The molecule has 4 rings (SSSR count). The van der Waals surface area contributed by atoms with E-state index in [-0.39, 0.29) is 13.1 Å². The fourth-order valence-electron chi connectivity index (χ4n) is 3.63. The van der Waals surface area contributed by atoms with Crippen molar-refractivity contribution in [2.45, 2.75) is 25.4 Å². The predicted octanol–water partition coefficient (Wildman–Crippen LogP) is 6.82. The molecular formula is C24H19F6N3. The average molecular weight is 463 g/mol. The second kappa shape index (κ2) is 8.46. The lowest BCUT2D eigenvalue weighted by molar-refractivity contribution is -0.138. The molecule has 0 aliphatic carbocycles. The lowest BCUT2D eigenvalue weighted by atomic mass is 10.1. The summed E-state index contributed by atoms with van der Waals surface area (Å²) in [6, 6.07) is 15.4. The normalized spacial score (nSPS) is 12.3. The summed E-state index contributed by atoms with van der Waals surface area (Å²) < 4.78 is 79.1. The van der Waals surface area contributed by atoms with E-state index >= 15 is 0 Å². The van der Waals surface area contributed by atoms with Gasteiger partial charge in [0.05, 0.1) is 22.8 Å². The van der Waals surface area contributed by atoms with Crippen LogP contribution in [-0.2, 0) is 32.5 Å². The van der Waals surface area contributed by atoms with Crippen LogP contribution in [0.25, 0.3) is 10.9 Å². The molecule has 0 fully saturated rings. The number of aryl methyl sites for hydroxylation is 1. The van der Waals surface area contributed by atoms with Crippen LogP contribution in [0.15, 0.2) is 72.9 Å². The van der Waals surface area contributed by atoms with Crippen LogP contribution in [0.2, 0.25) is 0 Å². The number of fused-ring (bicyclic) bond motifs is 1. The zero-order valence-corrected chi connectivity index (χ0v) is 17.5. The first kappa shape index (κ1) is 22.7. The highest BCUT2D eigenvalue weighted by atomic mass is 19.4. The summed E-state index contributed by atoms with van der Waals surface area (Å²) in [6.07, 6.45) is -7.15. The Labute approximate surface area is 185 Å². The number of hydrogen-bond acceptors (Lipinski definition) is 2. The summed E-state index contributed by atoms with van der Waals surface area (Å²) in [6.45, 7) is 0.538. The zero-order valence-electron chi connectivity index (χ0n) is 17.5. The Hall–Kier alpha value is -3.49. The van der Waals surface area contributed by atoms with Crippen LogP contribution in [0.1, 0.15) is 22.3 Å². The van der Waals surface area contributed by atoms with Crippen LogP contribution in [0.3, 0.4) is 0 Å². The molecule has 0 saturated heterocycles. The van der Waals surface area contributed by atoms with Crippen LogP contribution in [0.4, 0.5) is 32.0 Å². The molecule has 0 saturated carbocycles. The van der Waals surface area contributed by atoms with Gasteiger partial charge in [0.2, 0.25) is 0 Å². The van der Waals surface area contributed by atoms with E-state index < -0.39 is 23.5 Å². The molecule has 0 spiro atoms. The van der Waals surface area contributed by atoms with Gasteiger partial charge in [-0.15, -0.1) is 0 Å². The fraction of sp³-hybridized carbons (Fsp3) is 0.208. The first-order chi connectivity index (χ1) is 15.5. The molecule has 9 heteroatoms. The summed E-state index contributed by atoms with van der Waals surface area (Å²) in [4.78, 5) is 1.90. The lowest BCUT2D eigenvalue weighted by Crippen LogP contribution is -2.22. The van der Waals surface area contributed by atoms with Crippen LogP contribution < -0.4 is 4.90 Å². The molecule has 0 N–H and O–H groups in total. The van der Waals surface area contributed by atoms with Crippen LogP contribution in [0, 0.1) is 0 Å². The first-order valence-corrected chi connectivity index (χ1v) is 10.00. The standard InChI is InChI=1S/C24H19F6N3/c1-32-22-11-10-21(12-18(22)13-31-32)33(14-16-2-6-19(7-3-16)23(25,26)27)15-17-4-8-20(9-5-17)24(28,29)30/h2-13H,14-15H2,1H3. The topological polar surface area (TPSA) is 21.1 Å². The van der Waals surface area contributed by atoms with Gasteiger partial charge < -0.3 is 4.90 Å². The van der Waals surface area contributed by atoms with Gasteiger partial charge in [-0.25, -0.2) is 0 Å². The number of anilines is 1. The molecule has 172 valence electrons. The molecule has 0 unspecified atom stereocenters.